The minimum absolute atomic E-state index is 0.0410. The van der Waals surface area contributed by atoms with Crippen molar-refractivity contribution in [3.05, 3.63) is 35.2 Å². The van der Waals surface area contributed by atoms with Crippen LogP contribution >= 0.6 is 11.6 Å². The second-order valence-electron chi connectivity index (χ2n) is 11.8. The number of unbranched alkanes of at least 4 members (excludes halogenated alkanes) is 3. The number of alkyl halides is 1. The van der Waals surface area contributed by atoms with Gasteiger partial charge in [0.15, 0.2) is 0 Å². The summed E-state index contributed by atoms with van der Waals surface area (Å²) in [6.07, 6.45) is 10.4. The number of ether oxygens (including phenoxy) is 1. The lowest BCUT2D eigenvalue weighted by atomic mass is 9.63. The van der Waals surface area contributed by atoms with Gasteiger partial charge in [-0.05, 0) is 80.9 Å². The Labute approximate surface area is 215 Å². The summed E-state index contributed by atoms with van der Waals surface area (Å²) < 4.78 is 8.43. The van der Waals surface area contributed by atoms with Crippen LogP contribution in [-0.2, 0) is 18.6 Å². The summed E-state index contributed by atoms with van der Waals surface area (Å²) in [6, 6.07) is 4.18. The second kappa shape index (κ2) is 10.7. The molecule has 7 heteroatoms. The predicted octanol–water partition coefficient (Wildman–Crippen LogP) is 6.31. The molecule has 2 aliphatic rings. The third kappa shape index (κ3) is 5.64. The first-order valence-electron chi connectivity index (χ1n) is 13.3. The molecule has 194 valence electrons. The van der Waals surface area contributed by atoms with Crippen LogP contribution in [0.3, 0.4) is 0 Å². The summed E-state index contributed by atoms with van der Waals surface area (Å²) in [4.78, 5) is 0. The normalized spacial score (nSPS) is 23.4. The van der Waals surface area contributed by atoms with Crippen molar-refractivity contribution < 1.29 is 14.9 Å². The van der Waals surface area contributed by atoms with Crippen LogP contribution in [0.15, 0.2) is 18.3 Å². The van der Waals surface area contributed by atoms with Gasteiger partial charge in [0.2, 0.25) is 0 Å². The molecule has 1 aliphatic heterocycles. The van der Waals surface area contributed by atoms with Gasteiger partial charge < -0.3 is 14.9 Å². The van der Waals surface area contributed by atoms with Crippen molar-refractivity contribution in [2.45, 2.75) is 109 Å². The highest BCUT2D eigenvalue weighted by Crippen LogP contribution is 2.56. The van der Waals surface area contributed by atoms with E-state index in [1.165, 1.54) is 12.8 Å². The molecule has 1 aromatic heterocycles. The van der Waals surface area contributed by atoms with Crippen molar-refractivity contribution in [2.75, 3.05) is 5.88 Å². The fourth-order valence-corrected chi connectivity index (χ4v) is 6.54. The molecule has 0 amide bonds. The van der Waals surface area contributed by atoms with Gasteiger partial charge >= 0.3 is 0 Å². The van der Waals surface area contributed by atoms with Crippen LogP contribution in [0.5, 0.6) is 11.5 Å². The molecule has 2 N–H and O–H groups in total. The van der Waals surface area contributed by atoms with E-state index in [1.807, 2.05) is 10.7 Å². The van der Waals surface area contributed by atoms with E-state index in [0.29, 0.717) is 17.6 Å². The molecule has 0 bridgehead atoms. The van der Waals surface area contributed by atoms with Crippen molar-refractivity contribution >= 4 is 11.6 Å². The number of rotatable bonds is 10. The zero-order valence-corrected chi connectivity index (χ0v) is 22.5. The number of phenols is 1. The van der Waals surface area contributed by atoms with Gasteiger partial charge in [0.25, 0.3) is 0 Å². The molecule has 0 spiro atoms. The van der Waals surface area contributed by atoms with E-state index in [1.54, 1.807) is 6.20 Å². The molecule has 4 rings (SSSR count). The minimum atomic E-state index is -0.289. The molecule has 2 heterocycles. The maximum atomic E-state index is 11.3. The summed E-state index contributed by atoms with van der Waals surface area (Å²) in [6.45, 7) is 9.61. The fraction of sp³-hybridized carbons (Fsp3) is 0.714. The third-order valence-corrected chi connectivity index (χ3v) is 8.74. The lowest BCUT2D eigenvalue weighted by Gasteiger charge is -2.49. The number of hydrogen-bond acceptors (Lipinski definition) is 5. The van der Waals surface area contributed by atoms with Gasteiger partial charge in [0, 0.05) is 23.9 Å². The molecule has 35 heavy (non-hydrogen) atoms. The first-order valence-corrected chi connectivity index (χ1v) is 13.8. The molecule has 6 nitrogen and oxygen atoms in total. The largest absolute Gasteiger partial charge is 0.508 e. The second-order valence-corrected chi connectivity index (χ2v) is 12.2. The summed E-state index contributed by atoms with van der Waals surface area (Å²) in [7, 11) is 0. The van der Waals surface area contributed by atoms with E-state index < -0.39 is 0 Å². The Morgan fingerprint density at radius 1 is 1.17 bits per heavy atom. The summed E-state index contributed by atoms with van der Waals surface area (Å²) in [5.41, 5.74) is 2.53. The highest BCUT2D eigenvalue weighted by atomic mass is 35.5. The van der Waals surface area contributed by atoms with Crippen LogP contribution in [0.1, 0.15) is 102 Å². The van der Waals surface area contributed by atoms with E-state index in [0.717, 1.165) is 73.5 Å². The minimum Gasteiger partial charge on any atom is -0.508 e. The van der Waals surface area contributed by atoms with Gasteiger partial charge in [-0.1, -0.05) is 38.3 Å². The lowest BCUT2D eigenvalue weighted by Crippen LogP contribution is -2.47. The highest BCUT2D eigenvalue weighted by molar-refractivity contribution is 6.17. The summed E-state index contributed by atoms with van der Waals surface area (Å²) >= 11 is 5.82. The average molecular weight is 504 g/mol. The van der Waals surface area contributed by atoms with Crippen molar-refractivity contribution in [3.8, 4) is 11.5 Å². The molecule has 0 unspecified atom stereocenters. The first kappa shape index (κ1) is 26.3. The Balaban J connectivity index is 1.56. The monoisotopic (exact) mass is 503 g/mol. The first-order chi connectivity index (χ1) is 16.7. The van der Waals surface area contributed by atoms with Crippen LogP contribution < -0.4 is 4.74 Å². The molecule has 2 aromatic rings. The standard InChI is InChI=1S/C28H42ClN3O3/c1-27(2,11-7-5-6-8-12-29)20-14-24(34)26-22-13-19(17-32-21(18-33)16-30-31-32)9-10-23(22)28(3,4)35-25(26)15-20/h14-16,19,22-23,33-34H,5-13,17-18H2,1-4H3/t19-,22-,23-/m1/s1. The van der Waals surface area contributed by atoms with Gasteiger partial charge in [0.1, 0.15) is 17.1 Å². The quantitative estimate of drug-likeness (QED) is 0.293. The van der Waals surface area contributed by atoms with Crippen molar-refractivity contribution in [1.29, 1.82) is 0 Å². The lowest BCUT2D eigenvalue weighted by molar-refractivity contribution is -0.0179. The van der Waals surface area contributed by atoms with Crippen LogP contribution in [0.4, 0.5) is 0 Å². The number of aliphatic hydroxyl groups excluding tert-OH is 1. The Morgan fingerprint density at radius 2 is 1.94 bits per heavy atom. The summed E-state index contributed by atoms with van der Waals surface area (Å²) in [5, 5.41) is 29.1. The summed E-state index contributed by atoms with van der Waals surface area (Å²) in [5.74, 6) is 2.95. The molecule has 1 aliphatic carbocycles. The maximum absolute atomic E-state index is 11.3. The number of aliphatic hydroxyl groups is 1. The van der Waals surface area contributed by atoms with Crippen LogP contribution in [0, 0.1) is 11.8 Å². The number of nitrogens with zero attached hydrogens (tertiary/aromatic N) is 3. The molecule has 0 saturated heterocycles. The molecular weight excluding hydrogens is 462 g/mol. The molecule has 1 aromatic carbocycles. The average Bonchev–Trinajstić information content (AvgIpc) is 3.25. The number of hydrogen-bond donors (Lipinski definition) is 2. The number of phenolic OH excluding ortho intramolecular Hbond substituents is 1. The van der Waals surface area contributed by atoms with E-state index in [2.05, 4.69) is 44.1 Å². The smallest absolute Gasteiger partial charge is 0.127 e. The van der Waals surface area contributed by atoms with Crippen molar-refractivity contribution in [3.63, 3.8) is 0 Å². The van der Waals surface area contributed by atoms with Gasteiger partial charge in [-0.3, -0.25) is 0 Å². The topological polar surface area (TPSA) is 80.4 Å². The maximum Gasteiger partial charge on any atom is 0.127 e. The van der Waals surface area contributed by atoms with Crippen LogP contribution in [-0.4, -0.2) is 36.7 Å². The van der Waals surface area contributed by atoms with Gasteiger partial charge in [0.05, 0.1) is 18.5 Å². The zero-order chi connectivity index (χ0) is 25.2. The molecule has 1 fully saturated rings. The SMILES string of the molecule is CC(C)(CCCCCCCl)c1cc(O)c2c(c1)OC(C)(C)[C@@H]1CC[C@@H](Cn3nncc3CO)C[C@@H]21. The van der Waals surface area contributed by atoms with E-state index in [9.17, 15) is 10.2 Å². The number of aromatic hydroxyl groups is 1. The third-order valence-electron chi connectivity index (χ3n) is 8.47. The molecule has 1 saturated carbocycles. The number of benzene rings is 1. The zero-order valence-electron chi connectivity index (χ0n) is 21.8. The van der Waals surface area contributed by atoms with Gasteiger partial charge in [-0.15, -0.1) is 16.7 Å². The Morgan fingerprint density at radius 3 is 2.69 bits per heavy atom. The van der Waals surface area contributed by atoms with Crippen LogP contribution in [0.25, 0.3) is 0 Å². The molecular formula is C28H42ClN3O3. The number of halogens is 1. The van der Waals surface area contributed by atoms with Crippen LogP contribution in [0.2, 0.25) is 0 Å². The van der Waals surface area contributed by atoms with Gasteiger partial charge in [-0.2, -0.15) is 0 Å². The predicted molar refractivity (Wildman–Crippen MR) is 139 cm³/mol. The van der Waals surface area contributed by atoms with E-state index in [-0.39, 0.29) is 23.5 Å². The fourth-order valence-electron chi connectivity index (χ4n) is 6.35. The van der Waals surface area contributed by atoms with Gasteiger partial charge in [-0.25, -0.2) is 4.68 Å². The molecule has 3 atom stereocenters. The molecule has 0 radical (unpaired) electrons. The van der Waals surface area contributed by atoms with E-state index in [4.69, 9.17) is 16.3 Å². The van der Waals surface area contributed by atoms with Crippen molar-refractivity contribution in [2.24, 2.45) is 11.8 Å². The number of fused-ring (bicyclic) bond motifs is 3. The Bertz CT molecular complexity index is 1000. The van der Waals surface area contributed by atoms with Crippen molar-refractivity contribution in [1.82, 2.24) is 15.0 Å². The highest BCUT2D eigenvalue weighted by Gasteiger charge is 2.48. The van der Waals surface area contributed by atoms with E-state index >= 15 is 0 Å². The number of aromatic nitrogens is 3. The Hall–Kier alpha value is -1.79. The Kier molecular flexibility index (Phi) is 8.02.